The molecule has 1 aromatic rings. The summed E-state index contributed by atoms with van der Waals surface area (Å²) in [6, 6.07) is 6.90. The van der Waals surface area contributed by atoms with Gasteiger partial charge in [0.2, 0.25) is 5.91 Å². The summed E-state index contributed by atoms with van der Waals surface area (Å²) in [7, 11) is 0. The third-order valence-electron chi connectivity index (χ3n) is 3.52. The lowest BCUT2D eigenvalue weighted by atomic mass is 10.0. The fourth-order valence-corrected chi connectivity index (χ4v) is 2.30. The number of hydrogen-bond donors (Lipinski definition) is 3. The number of fused-ring (bicyclic) bond motifs is 1. The highest BCUT2D eigenvalue weighted by Gasteiger charge is 2.33. The molecule has 4 heteroatoms. The minimum Gasteiger partial charge on any atom is -0.390 e. The maximum Gasteiger partial charge on any atom is 0.237 e. The summed E-state index contributed by atoms with van der Waals surface area (Å²) in [5.74, 6) is -0.121. The van der Waals surface area contributed by atoms with Crippen molar-refractivity contribution in [1.29, 1.82) is 0 Å². The van der Waals surface area contributed by atoms with Gasteiger partial charge in [0, 0.05) is 6.42 Å². The highest BCUT2D eigenvalue weighted by atomic mass is 16.3. The zero-order valence-corrected chi connectivity index (χ0v) is 10.8. The number of carbonyl (C=O) groups is 1. The van der Waals surface area contributed by atoms with Crippen LogP contribution in [0.4, 0.5) is 0 Å². The van der Waals surface area contributed by atoms with Crippen molar-refractivity contribution in [1.82, 2.24) is 5.32 Å². The van der Waals surface area contributed by atoms with Gasteiger partial charge in [0.1, 0.15) is 0 Å². The molecule has 0 aliphatic heterocycles. The molecule has 0 saturated carbocycles. The summed E-state index contributed by atoms with van der Waals surface area (Å²) < 4.78 is 0. The monoisotopic (exact) mass is 248 g/mol. The predicted octanol–water partition coefficient (Wildman–Crippen LogP) is 0.744. The van der Waals surface area contributed by atoms with E-state index in [1.54, 1.807) is 0 Å². The van der Waals surface area contributed by atoms with E-state index in [-0.39, 0.29) is 17.9 Å². The smallest absolute Gasteiger partial charge is 0.237 e. The van der Waals surface area contributed by atoms with Crippen LogP contribution in [0.3, 0.4) is 0 Å². The molecule has 1 aromatic carbocycles. The Morgan fingerprint density at radius 1 is 1.44 bits per heavy atom. The quantitative estimate of drug-likeness (QED) is 0.738. The number of rotatable bonds is 3. The van der Waals surface area contributed by atoms with E-state index in [0.29, 0.717) is 6.42 Å². The number of benzene rings is 1. The number of aliphatic hydroxyl groups excluding tert-OH is 1. The van der Waals surface area contributed by atoms with E-state index < -0.39 is 12.1 Å². The van der Waals surface area contributed by atoms with Crippen molar-refractivity contribution < 1.29 is 9.90 Å². The maximum atomic E-state index is 11.9. The van der Waals surface area contributed by atoms with Crippen molar-refractivity contribution in [2.24, 2.45) is 11.7 Å². The molecule has 0 saturated heterocycles. The molecule has 2 rings (SSSR count). The molecule has 0 heterocycles. The third-order valence-corrected chi connectivity index (χ3v) is 3.52. The Morgan fingerprint density at radius 2 is 2.11 bits per heavy atom. The first-order valence-electron chi connectivity index (χ1n) is 6.32. The van der Waals surface area contributed by atoms with Gasteiger partial charge in [-0.05, 0) is 17.0 Å². The second-order valence-corrected chi connectivity index (χ2v) is 5.23. The van der Waals surface area contributed by atoms with Crippen LogP contribution < -0.4 is 11.1 Å². The molecule has 0 radical (unpaired) electrons. The third kappa shape index (κ3) is 2.40. The van der Waals surface area contributed by atoms with Gasteiger partial charge in [-0.15, -0.1) is 0 Å². The SMILES string of the molecule is CC(C)[C@@H](N)C(=O)N[C@H]1c2ccccc2C[C@H]1O. The molecule has 0 bridgehead atoms. The zero-order chi connectivity index (χ0) is 13.3. The van der Waals surface area contributed by atoms with Crippen LogP contribution in [0, 0.1) is 5.92 Å². The van der Waals surface area contributed by atoms with E-state index >= 15 is 0 Å². The molecule has 0 spiro atoms. The first-order chi connectivity index (χ1) is 8.50. The van der Waals surface area contributed by atoms with Gasteiger partial charge < -0.3 is 16.2 Å². The number of hydrogen-bond acceptors (Lipinski definition) is 3. The molecule has 98 valence electrons. The Balaban J connectivity index is 2.13. The van der Waals surface area contributed by atoms with Gasteiger partial charge in [0.25, 0.3) is 0 Å². The van der Waals surface area contributed by atoms with Gasteiger partial charge in [0.05, 0.1) is 18.2 Å². The van der Waals surface area contributed by atoms with Gasteiger partial charge in [0.15, 0.2) is 0 Å². The van der Waals surface area contributed by atoms with E-state index in [9.17, 15) is 9.90 Å². The Labute approximate surface area is 107 Å². The molecule has 4 nitrogen and oxygen atoms in total. The average molecular weight is 248 g/mol. The second-order valence-electron chi connectivity index (χ2n) is 5.23. The fourth-order valence-electron chi connectivity index (χ4n) is 2.30. The van der Waals surface area contributed by atoms with Gasteiger partial charge in [-0.25, -0.2) is 0 Å². The summed E-state index contributed by atoms with van der Waals surface area (Å²) >= 11 is 0. The number of amides is 1. The Kier molecular flexibility index (Phi) is 3.68. The second kappa shape index (κ2) is 5.08. The lowest BCUT2D eigenvalue weighted by Gasteiger charge is -2.22. The molecule has 1 amide bonds. The average Bonchev–Trinajstić information content (AvgIpc) is 2.65. The lowest BCUT2D eigenvalue weighted by Crippen LogP contribution is -2.46. The first-order valence-corrected chi connectivity index (χ1v) is 6.32. The van der Waals surface area contributed by atoms with Crippen LogP contribution >= 0.6 is 0 Å². The molecule has 1 aliphatic carbocycles. The molecule has 0 fully saturated rings. The molecule has 4 N–H and O–H groups in total. The normalized spacial score (nSPS) is 23.8. The molecule has 1 aliphatic rings. The minimum atomic E-state index is -0.564. The van der Waals surface area contributed by atoms with Crippen molar-refractivity contribution in [2.75, 3.05) is 0 Å². The van der Waals surface area contributed by atoms with Gasteiger partial charge in [-0.1, -0.05) is 38.1 Å². The molecule has 18 heavy (non-hydrogen) atoms. The van der Waals surface area contributed by atoms with E-state index in [0.717, 1.165) is 11.1 Å². The summed E-state index contributed by atoms with van der Waals surface area (Å²) in [5.41, 5.74) is 7.90. The highest BCUT2D eigenvalue weighted by molar-refractivity contribution is 5.82. The summed E-state index contributed by atoms with van der Waals surface area (Å²) in [6.07, 6.45) is 0.0172. The van der Waals surface area contributed by atoms with Crippen molar-refractivity contribution in [3.63, 3.8) is 0 Å². The van der Waals surface area contributed by atoms with Crippen LogP contribution in [-0.2, 0) is 11.2 Å². The predicted molar refractivity (Wildman–Crippen MR) is 69.8 cm³/mol. The van der Waals surface area contributed by atoms with Crippen LogP contribution in [0.15, 0.2) is 24.3 Å². The largest absolute Gasteiger partial charge is 0.390 e. The first kappa shape index (κ1) is 13.1. The molecular formula is C14H20N2O2. The Bertz CT molecular complexity index is 445. The number of nitrogens with two attached hydrogens (primary N) is 1. The standard InChI is InChI=1S/C14H20N2O2/c1-8(2)12(15)14(18)16-13-10-6-4-3-5-9(10)7-11(13)17/h3-6,8,11-13,17H,7,15H2,1-2H3,(H,16,18)/t11-,12-,13+/m1/s1. The number of nitrogens with one attached hydrogen (secondary N) is 1. The van der Waals surface area contributed by atoms with Crippen molar-refractivity contribution in [3.05, 3.63) is 35.4 Å². The van der Waals surface area contributed by atoms with Gasteiger partial charge in [-0.3, -0.25) is 4.79 Å². The van der Waals surface area contributed by atoms with E-state index in [1.807, 2.05) is 38.1 Å². The van der Waals surface area contributed by atoms with Crippen molar-refractivity contribution in [3.8, 4) is 0 Å². The van der Waals surface area contributed by atoms with E-state index in [2.05, 4.69) is 5.32 Å². The topological polar surface area (TPSA) is 75.4 Å². The molecule has 0 aromatic heterocycles. The Morgan fingerprint density at radius 3 is 2.78 bits per heavy atom. The van der Waals surface area contributed by atoms with E-state index in [1.165, 1.54) is 0 Å². The fraction of sp³-hybridized carbons (Fsp3) is 0.500. The summed E-state index contributed by atoms with van der Waals surface area (Å²) in [6.45, 7) is 3.81. The van der Waals surface area contributed by atoms with Crippen LogP contribution in [-0.4, -0.2) is 23.2 Å². The van der Waals surface area contributed by atoms with Gasteiger partial charge in [-0.2, -0.15) is 0 Å². The maximum absolute atomic E-state index is 11.9. The van der Waals surface area contributed by atoms with Crippen LogP contribution in [0.2, 0.25) is 0 Å². The number of carbonyl (C=O) groups excluding carboxylic acids is 1. The van der Waals surface area contributed by atoms with Gasteiger partial charge >= 0.3 is 0 Å². The zero-order valence-electron chi connectivity index (χ0n) is 10.8. The van der Waals surface area contributed by atoms with E-state index in [4.69, 9.17) is 5.73 Å². The van der Waals surface area contributed by atoms with Crippen LogP contribution in [0.5, 0.6) is 0 Å². The summed E-state index contributed by atoms with van der Waals surface area (Å²) in [5, 5.41) is 12.9. The Hall–Kier alpha value is -1.39. The van der Waals surface area contributed by atoms with Crippen molar-refractivity contribution in [2.45, 2.75) is 38.5 Å². The number of aliphatic hydroxyl groups is 1. The van der Waals surface area contributed by atoms with Crippen LogP contribution in [0.25, 0.3) is 0 Å². The lowest BCUT2D eigenvalue weighted by molar-refractivity contribution is -0.124. The molecule has 0 unspecified atom stereocenters. The van der Waals surface area contributed by atoms with Crippen molar-refractivity contribution >= 4 is 5.91 Å². The van der Waals surface area contributed by atoms with Crippen LogP contribution in [0.1, 0.15) is 31.0 Å². The highest BCUT2D eigenvalue weighted by Crippen LogP contribution is 2.31. The molecule has 3 atom stereocenters. The molecular weight excluding hydrogens is 228 g/mol. The minimum absolute atomic E-state index is 0.0822. The summed E-state index contributed by atoms with van der Waals surface area (Å²) in [4.78, 5) is 11.9.